The molecule has 0 N–H and O–H groups in total. The van der Waals surface area contributed by atoms with Crippen LogP contribution in [0.15, 0.2) is 58.9 Å². The first-order valence-electron chi connectivity index (χ1n) is 16.4. The molecule has 0 fully saturated rings. The van der Waals surface area contributed by atoms with Gasteiger partial charge in [0.1, 0.15) is 58.6 Å². The van der Waals surface area contributed by atoms with Crippen LogP contribution in [0.25, 0.3) is 26.5 Å². The van der Waals surface area contributed by atoms with Crippen molar-refractivity contribution in [2.24, 2.45) is 0 Å². The number of ether oxygens (including phenoxy) is 5. The molecule has 0 spiro atoms. The number of hydrogen-bond donors (Lipinski definition) is 0. The fourth-order valence-corrected chi connectivity index (χ4v) is 6.52. The summed E-state index contributed by atoms with van der Waals surface area (Å²) in [6, 6.07) is 16.0. The van der Waals surface area contributed by atoms with Crippen LogP contribution in [0.2, 0.25) is 5.02 Å². The second kappa shape index (κ2) is 18.1. The van der Waals surface area contributed by atoms with E-state index < -0.39 is 36.0 Å². The minimum Gasteiger partial charge on any atom is -0.490 e. The van der Waals surface area contributed by atoms with Crippen LogP contribution < -0.4 is 9.64 Å². The van der Waals surface area contributed by atoms with E-state index in [1.807, 2.05) is 17.5 Å². The van der Waals surface area contributed by atoms with Crippen molar-refractivity contribution in [2.75, 3.05) is 31.8 Å². The van der Waals surface area contributed by atoms with Crippen molar-refractivity contribution >= 4 is 64.4 Å². The van der Waals surface area contributed by atoms with E-state index in [0.29, 0.717) is 22.0 Å². The number of methoxy groups -OCH3 is 1. The predicted octanol–water partition coefficient (Wildman–Crippen LogP) is 9.49. The molecule has 0 aliphatic heterocycles. The van der Waals surface area contributed by atoms with Gasteiger partial charge in [0.2, 0.25) is 5.69 Å². The fourth-order valence-electron chi connectivity index (χ4n) is 4.58. The van der Waals surface area contributed by atoms with Crippen LogP contribution >= 0.6 is 34.7 Å². The van der Waals surface area contributed by atoms with Crippen molar-refractivity contribution in [3.8, 4) is 33.5 Å². The van der Waals surface area contributed by atoms with Gasteiger partial charge in [-0.3, -0.25) is 9.69 Å². The number of hydrogen-bond acceptors (Lipinski definition) is 13. The SMILES string of the molecule is [C-]#[N+]c1c(N(CC(=O)OC)C(=O)OC(C)(C)C)nc(SCc2csc(-c3ccc(Cl)cc3)n2)c(C#N)c1-c1ccc(OCCOC(=O)OC(C)(C)C)cc1. The van der Waals surface area contributed by atoms with Gasteiger partial charge in [-0.15, -0.1) is 11.3 Å². The van der Waals surface area contributed by atoms with Gasteiger partial charge < -0.3 is 23.7 Å². The maximum Gasteiger partial charge on any atom is 0.508 e. The van der Waals surface area contributed by atoms with Gasteiger partial charge in [0.25, 0.3) is 0 Å². The summed E-state index contributed by atoms with van der Waals surface area (Å²) in [6.45, 7) is 17.7. The molecular weight excluding hydrogens is 754 g/mol. The Bertz CT molecular complexity index is 2060. The van der Waals surface area contributed by atoms with Crippen LogP contribution in [-0.2, 0) is 29.5 Å². The van der Waals surface area contributed by atoms with Crippen LogP contribution in [0.3, 0.4) is 0 Å². The molecule has 0 atom stereocenters. The summed E-state index contributed by atoms with van der Waals surface area (Å²) in [7, 11) is 1.17. The summed E-state index contributed by atoms with van der Waals surface area (Å²) in [5, 5.41) is 14.0. The number of thioether (sulfide) groups is 1. The first-order valence-corrected chi connectivity index (χ1v) is 18.6. The topological polar surface area (TPSA) is 155 Å². The zero-order valence-electron chi connectivity index (χ0n) is 30.7. The average Bonchev–Trinajstić information content (AvgIpc) is 3.59. The third-order valence-electron chi connectivity index (χ3n) is 6.83. The summed E-state index contributed by atoms with van der Waals surface area (Å²) in [5.74, 6) is -0.280. The van der Waals surface area contributed by atoms with E-state index in [0.717, 1.165) is 15.5 Å². The number of carbonyl (C=O) groups excluding carboxylic acids is 3. The van der Waals surface area contributed by atoms with Crippen molar-refractivity contribution < 1.29 is 38.1 Å². The molecule has 0 bridgehead atoms. The van der Waals surface area contributed by atoms with Gasteiger partial charge in [-0.25, -0.2) is 24.4 Å². The Morgan fingerprint density at radius 3 is 2.20 bits per heavy atom. The lowest BCUT2D eigenvalue weighted by molar-refractivity contribution is -0.139. The number of halogens is 1. The van der Waals surface area contributed by atoms with Crippen LogP contribution in [0.5, 0.6) is 5.75 Å². The van der Waals surface area contributed by atoms with Crippen molar-refractivity contribution in [3.63, 3.8) is 0 Å². The zero-order chi connectivity index (χ0) is 39.6. The fraction of sp³-hybridized carbons (Fsp3) is 0.342. The number of anilines is 1. The summed E-state index contributed by atoms with van der Waals surface area (Å²) < 4.78 is 26.4. The minimum absolute atomic E-state index is 0.0320. The Kier molecular flexibility index (Phi) is 13.9. The summed E-state index contributed by atoms with van der Waals surface area (Å²) in [6.07, 6.45) is -1.76. The Balaban J connectivity index is 1.74. The lowest BCUT2D eigenvalue weighted by Crippen LogP contribution is -2.41. The summed E-state index contributed by atoms with van der Waals surface area (Å²) in [5.41, 5.74) is 0.455. The van der Waals surface area contributed by atoms with E-state index in [1.54, 1.807) is 77.9 Å². The molecule has 0 saturated carbocycles. The molecule has 0 unspecified atom stereocenters. The lowest BCUT2D eigenvalue weighted by atomic mass is 9.99. The van der Waals surface area contributed by atoms with E-state index in [2.05, 4.69) is 15.9 Å². The number of nitriles is 1. The highest BCUT2D eigenvalue weighted by Gasteiger charge is 2.32. The molecule has 4 rings (SSSR count). The number of esters is 1. The van der Waals surface area contributed by atoms with Crippen molar-refractivity contribution in [2.45, 2.75) is 63.5 Å². The van der Waals surface area contributed by atoms with E-state index in [4.69, 9.17) is 46.8 Å². The van der Waals surface area contributed by atoms with E-state index in [9.17, 15) is 19.6 Å². The first kappa shape index (κ1) is 41.4. The second-order valence-electron chi connectivity index (χ2n) is 13.3. The predicted molar refractivity (Wildman–Crippen MR) is 206 cm³/mol. The standard InChI is InChI=1S/C38H38ClN5O8S2/c1-37(2,3)51-35(46)44(20-29(45)48-8)32-31(41-7)30(23-11-15-27(16-12-23)49-17-18-50-36(47)52-38(4,5)6)28(19-40)34(43-32)54-22-26-21-53-33(42-26)24-9-13-25(39)14-10-24/h9-16,21H,17-18,20,22H2,1-6,8H3. The first-order chi connectivity index (χ1) is 25.5. The molecule has 1 amide bonds. The van der Waals surface area contributed by atoms with Gasteiger partial charge in [-0.2, -0.15) is 5.26 Å². The summed E-state index contributed by atoms with van der Waals surface area (Å²) >= 11 is 8.68. The van der Waals surface area contributed by atoms with Crippen LogP contribution in [0.1, 0.15) is 52.8 Å². The number of amides is 1. The Labute approximate surface area is 326 Å². The number of nitrogens with zero attached hydrogens (tertiary/aromatic N) is 5. The van der Waals surface area contributed by atoms with Crippen molar-refractivity contribution in [3.05, 3.63) is 81.6 Å². The average molecular weight is 792 g/mol. The normalized spacial score (nSPS) is 11.1. The van der Waals surface area contributed by atoms with E-state index in [1.165, 1.54) is 30.2 Å². The number of rotatable bonds is 12. The molecule has 13 nitrogen and oxygen atoms in total. The molecule has 0 radical (unpaired) electrons. The van der Waals surface area contributed by atoms with Crippen LogP contribution in [0, 0.1) is 17.9 Å². The van der Waals surface area contributed by atoms with Gasteiger partial charge in [-0.05, 0) is 71.4 Å². The molecule has 0 saturated heterocycles. The van der Waals surface area contributed by atoms with Gasteiger partial charge in [0.15, 0.2) is 0 Å². The second-order valence-corrected chi connectivity index (χ2v) is 15.6. The highest BCUT2D eigenvalue weighted by molar-refractivity contribution is 7.98. The maximum absolute atomic E-state index is 13.6. The molecule has 2 heterocycles. The summed E-state index contributed by atoms with van der Waals surface area (Å²) in [4.78, 5) is 52.2. The molecular formula is C38H38ClN5O8S2. The molecule has 282 valence electrons. The Morgan fingerprint density at radius 2 is 1.61 bits per heavy atom. The van der Waals surface area contributed by atoms with Crippen LogP contribution in [-0.4, -0.2) is 66.3 Å². The Morgan fingerprint density at radius 1 is 0.963 bits per heavy atom. The molecule has 4 aromatic rings. The molecule has 0 aliphatic rings. The van der Waals surface area contributed by atoms with Gasteiger partial charge in [0.05, 0.1) is 24.9 Å². The number of aromatic nitrogens is 2. The van der Waals surface area contributed by atoms with Gasteiger partial charge in [0, 0.05) is 27.3 Å². The monoisotopic (exact) mass is 791 g/mol. The molecule has 54 heavy (non-hydrogen) atoms. The third kappa shape index (κ3) is 11.6. The molecule has 2 aromatic heterocycles. The zero-order valence-corrected chi connectivity index (χ0v) is 33.1. The van der Waals surface area contributed by atoms with Crippen molar-refractivity contribution in [1.82, 2.24) is 9.97 Å². The molecule has 0 aliphatic carbocycles. The number of carbonyl (C=O) groups is 3. The number of benzene rings is 2. The lowest BCUT2D eigenvalue weighted by Gasteiger charge is -2.28. The van der Waals surface area contributed by atoms with Crippen LogP contribution in [0.4, 0.5) is 21.1 Å². The van der Waals surface area contributed by atoms with E-state index >= 15 is 0 Å². The number of pyridine rings is 1. The van der Waals surface area contributed by atoms with Gasteiger partial charge in [-0.1, -0.05) is 47.6 Å². The quantitative estimate of drug-likeness (QED) is 0.0441. The highest BCUT2D eigenvalue weighted by Crippen LogP contribution is 2.45. The van der Waals surface area contributed by atoms with Crippen molar-refractivity contribution in [1.29, 1.82) is 5.26 Å². The van der Waals surface area contributed by atoms with E-state index in [-0.39, 0.29) is 46.6 Å². The maximum atomic E-state index is 13.6. The smallest absolute Gasteiger partial charge is 0.490 e. The number of thiazole rings is 1. The molecule has 16 heteroatoms. The largest absolute Gasteiger partial charge is 0.508 e. The molecule has 2 aromatic carbocycles. The highest BCUT2D eigenvalue weighted by atomic mass is 35.5. The minimum atomic E-state index is -0.961. The Hall–Kier alpha value is -5.35. The third-order valence-corrected chi connectivity index (χ3v) is 9.03. The van der Waals surface area contributed by atoms with Gasteiger partial charge >= 0.3 is 18.2 Å².